The van der Waals surface area contributed by atoms with E-state index in [1.54, 1.807) is 7.11 Å². The van der Waals surface area contributed by atoms with Crippen LogP contribution in [0.2, 0.25) is 0 Å². The van der Waals surface area contributed by atoms with Gasteiger partial charge in [-0.1, -0.05) is 19.1 Å². The molecule has 0 aliphatic rings. The normalized spacial score (nSPS) is 11.2. The number of rotatable bonds is 11. The van der Waals surface area contributed by atoms with Crippen LogP contribution in [0.15, 0.2) is 23.2 Å². The predicted octanol–water partition coefficient (Wildman–Crippen LogP) is 3.11. The first kappa shape index (κ1) is 26.2. The lowest BCUT2D eigenvalue weighted by atomic mass is 10.1. The van der Waals surface area contributed by atoms with E-state index >= 15 is 0 Å². The second kappa shape index (κ2) is 14.2. The third-order valence-electron chi connectivity index (χ3n) is 4.51. The summed E-state index contributed by atoms with van der Waals surface area (Å²) < 4.78 is 13.0. The fraction of sp³-hybridized carbons (Fsp3) is 0.571. The monoisotopic (exact) mass is 530 g/mol. The maximum atomic E-state index is 5.91. The molecule has 2 rings (SSSR count). The number of ether oxygens (including phenoxy) is 2. The van der Waals surface area contributed by atoms with E-state index in [1.165, 1.54) is 5.56 Å². The molecule has 168 valence electrons. The van der Waals surface area contributed by atoms with E-state index in [9.17, 15) is 0 Å². The van der Waals surface area contributed by atoms with Crippen molar-refractivity contribution in [3.8, 4) is 5.75 Å². The molecular weight excluding hydrogens is 495 g/mol. The third-order valence-corrected chi connectivity index (χ3v) is 4.51. The van der Waals surface area contributed by atoms with Crippen molar-refractivity contribution in [2.24, 2.45) is 12.0 Å². The molecule has 1 aromatic heterocycles. The van der Waals surface area contributed by atoms with Gasteiger partial charge in [-0.25, -0.2) is 4.99 Å². The number of benzene rings is 1. The lowest BCUT2D eigenvalue weighted by molar-refractivity contribution is 0.195. The third kappa shape index (κ3) is 8.47. The van der Waals surface area contributed by atoms with Gasteiger partial charge >= 0.3 is 0 Å². The van der Waals surface area contributed by atoms with E-state index in [0.717, 1.165) is 48.3 Å². The summed E-state index contributed by atoms with van der Waals surface area (Å²) in [5, 5.41) is 15.0. The van der Waals surface area contributed by atoms with Crippen molar-refractivity contribution < 1.29 is 9.47 Å². The number of methoxy groups -OCH3 is 1. The fourth-order valence-corrected chi connectivity index (χ4v) is 2.67. The average Bonchev–Trinajstić information content (AvgIpc) is 3.04. The van der Waals surface area contributed by atoms with Crippen molar-refractivity contribution in [1.82, 2.24) is 25.4 Å². The number of guanidine groups is 1. The molecule has 0 bridgehead atoms. The molecule has 0 spiro atoms. The zero-order chi connectivity index (χ0) is 21.1. The van der Waals surface area contributed by atoms with Crippen molar-refractivity contribution in [3.63, 3.8) is 0 Å². The number of nitrogens with one attached hydrogen (secondary N) is 2. The van der Waals surface area contributed by atoms with Gasteiger partial charge < -0.3 is 24.7 Å². The quantitative estimate of drug-likeness (QED) is 0.201. The van der Waals surface area contributed by atoms with Crippen LogP contribution in [0, 0.1) is 13.8 Å². The van der Waals surface area contributed by atoms with Crippen molar-refractivity contribution in [3.05, 3.63) is 41.0 Å². The number of nitrogens with zero attached hydrogens (tertiary/aromatic N) is 4. The van der Waals surface area contributed by atoms with Crippen LogP contribution >= 0.6 is 24.0 Å². The number of hydrogen-bond donors (Lipinski definition) is 2. The van der Waals surface area contributed by atoms with Gasteiger partial charge in [0, 0.05) is 32.9 Å². The summed E-state index contributed by atoms with van der Waals surface area (Å²) in [6.07, 6.45) is 1.87. The Kier molecular flexibility index (Phi) is 12.4. The molecule has 0 radical (unpaired) electrons. The highest BCUT2D eigenvalue weighted by molar-refractivity contribution is 14.0. The largest absolute Gasteiger partial charge is 0.493 e. The summed E-state index contributed by atoms with van der Waals surface area (Å²) in [5.74, 6) is 3.36. The maximum absolute atomic E-state index is 5.91. The second-order valence-corrected chi connectivity index (χ2v) is 6.97. The Balaban J connectivity index is 0.00000450. The molecule has 8 nitrogen and oxygen atoms in total. The van der Waals surface area contributed by atoms with Crippen molar-refractivity contribution in [1.29, 1.82) is 0 Å². The molecule has 0 aliphatic carbocycles. The van der Waals surface area contributed by atoms with Gasteiger partial charge in [0.05, 0.1) is 19.7 Å². The van der Waals surface area contributed by atoms with Crippen LogP contribution in [0.25, 0.3) is 0 Å². The molecule has 30 heavy (non-hydrogen) atoms. The van der Waals surface area contributed by atoms with Crippen LogP contribution in [-0.4, -0.2) is 47.6 Å². The number of hydrogen-bond acceptors (Lipinski definition) is 5. The highest BCUT2D eigenvalue weighted by Gasteiger charge is 2.08. The summed E-state index contributed by atoms with van der Waals surface area (Å²) in [7, 11) is 3.66. The molecule has 0 saturated heterocycles. The Labute approximate surface area is 196 Å². The SMILES string of the molecule is CCCOc1cc(C)ccc1CN=C(NCCCOC)NCc1nnc(C)n1C.I. The first-order valence-corrected chi connectivity index (χ1v) is 10.1. The van der Waals surface area contributed by atoms with Crippen LogP contribution in [0.5, 0.6) is 5.75 Å². The lowest BCUT2D eigenvalue weighted by Crippen LogP contribution is -2.38. The van der Waals surface area contributed by atoms with Crippen LogP contribution < -0.4 is 15.4 Å². The van der Waals surface area contributed by atoms with Crippen molar-refractivity contribution in [2.75, 3.05) is 26.9 Å². The zero-order valence-corrected chi connectivity index (χ0v) is 21.0. The van der Waals surface area contributed by atoms with Gasteiger partial charge in [-0.3, -0.25) is 0 Å². The van der Waals surface area contributed by atoms with E-state index < -0.39 is 0 Å². The Morgan fingerprint density at radius 2 is 1.97 bits per heavy atom. The minimum atomic E-state index is 0. The van der Waals surface area contributed by atoms with Gasteiger partial charge in [-0.05, 0) is 38.3 Å². The highest BCUT2D eigenvalue weighted by Crippen LogP contribution is 2.21. The zero-order valence-electron chi connectivity index (χ0n) is 18.7. The fourth-order valence-electron chi connectivity index (χ4n) is 2.67. The Morgan fingerprint density at radius 3 is 2.63 bits per heavy atom. The summed E-state index contributed by atoms with van der Waals surface area (Å²) >= 11 is 0. The maximum Gasteiger partial charge on any atom is 0.191 e. The second-order valence-electron chi connectivity index (χ2n) is 6.97. The van der Waals surface area contributed by atoms with E-state index in [4.69, 9.17) is 14.5 Å². The van der Waals surface area contributed by atoms with Crippen molar-refractivity contribution >= 4 is 29.9 Å². The van der Waals surface area contributed by atoms with Crippen LogP contribution in [0.4, 0.5) is 0 Å². The molecule has 0 fully saturated rings. The van der Waals surface area contributed by atoms with Crippen LogP contribution in [-0.2, 0) is 24.9 Å². The summed E-state index contributed by atoms with van der Waals surface area (Å²) in [6.45, 7) is 9.35. The molecule has 2 N–H and O–H groups in total. The molecule has 1 aromatic carbocycles. The van der Waals surface area contributed by atoms with Gasteiger partial charge in [0.15, 0.2) is 11.8 Å². The van der Waals surface area contributed by atoms with Crippen LogP contribution in [0.1, 0.15) is 42.5 Å². The van der Waals surface area contributed by atoms with Gasteiger partial charge in [0.2, 0.25) is 0 Å². The molecule has 0 aliphatic heterocycles. The minimum Gasteiger partial charge on any atom is -0.493 e. The first-order chi connectivity index (χ1) is 14.0. The topological polar surface area (TPSA) is 85.6 Å². The van der Waals surface area contributed by atoms with Crippen molar-refractivity contribution in [2.45, 2.75) is 46.7 Å². The molecule has 9 heteroatoms. The number of aryl methyl sites for hydroxylation is 2. The van der Waals surface area contributed by atoms with E-state index in [1.807, 2.05) is 18.5 Å². The number of aliphatic imine (C=N–C) groups is 1. The molecule has 2 aromatic rings. The highest BCUT2D eigenvalue weighted by atomic mass is 127. The standard InChI is InChI=1S/C21H34N6O2.HI/c1-6-11-29-19-13-16(2)8-9-18(19)14-23-21(22-10-7-12-28-5)24-15-20-26-25-17(3)27(20)4;/h8-9,13H,6-7,10-12,14-15H2,1-5H3,(H2,22,23,24);1H. The predicted molar refractivity (Wildman–Crippen MR) is 131 cm³/mol. The average molecular weight is 530 g/mol. The Hall–Kier alpha value is -1.88. The van der Waals surface area contributed by atoms with Crippen LogP contribution in [0.3, 0.4) is 0 Å². The summed E-state index contributed by atoms with van der Waals surface area (Å²) in [5.41, 5.74) is 2.24. The van der Waals surface area contributed by atoms with Gasteiger partial charge in [-0.2, -0.15) is 0 Å². The molecule has 1 heterocycles. The van der Waals surface area contributed by atoms with E-state index in [-0.39, 0.29) is 24.0 Å². The molecule has 0 saturated carbocycles. The molecular formula is C21H35IN6O2. The summed E-state index contributed by atoms with van der Waals surface area (Å²) in [4.78, 5) is 4.76. The lowest BCUT2D eigenvalue weighted by Gasteiger charge is -2.14. The molecule has 0 unspecified atom stereocenters. The van der Waals surface area contributed by atoms with E-state index in [0.29, 0.717) is 26.3 Å². The number of aromatic nitrogens is 3. The smallest absolute Gasteiger partial charge is 0.191 e. The molecule has 0 atom stereocenters. The summed E-state index contributed by atoms with van der Waals surface area (Å²) in [6, 6.07) is 6.24. The molecule has 0 amide bonds. The van der Waals surface area contributed by atoms with E-state index in [2.05, 4.69) is 52.9 Å². The Bertz CT molecular complexity index is 794. The van der Waals surface area contributed by atoms with Gasteiger partial charge in [0.1, 0.15) is 11.6 Å². The number of halogens is 1. The van der Waals surface area contributed by atoms with Gasteiger partial charge in [-0.15, -0.1) is 34.2 Å². The minimum absolute atomic E-state index is 0. The van der Waals surface area contributed by atoms with Gasteiger partial charge in [0.25, 0.3) is 0 Å². The first-order valence-electron chi connectivity index (χ1n) is 10.1. The Morgan fingerprint density at radius 1 is 1.17 bits per heavy atom.